The number of aromatic nitrogens is 2. The van der Waals surface area contributed by atoms with Gasteiger partial charge in [0, 0.05) is 30.6 Å². The van der Waals surface area contributed by atoms with E-state index in [-0.39, 0.29) is 0 Å². The van der Waals surface area contributed by atoms with Gasteiger partial charge in [-0.25, -0.2) is 4.79 Å². The van der Waals surface area contributed by atoms with Gasteiger partial charge in [0.25, 0.3) is 0 Å². The lowest BCUT2D eigenvalue weighted by molar-refractivity contribution is -0.138. The van der Waals surface area contributed by atoms with Crippen LogP contribution in [0.15, 0.2) is 36.7 Å². The third-order valence-corrected chi connectivity index (χ3v) is 2.69. The molecule has 0 aliphatic heterocycles. The lowest BCUT2D eigenvalue weighted by Crippen LogP contribution is -2.20. The minimum Gasteiger partial charge on any atom is -0.497 e. The summed E-state index contributed by atoms with van der Waals surface area (Å²) in [5, 5.41) is 16.2. The van der Waals surface area contributed by atoms with Gasteiger partial charge in [0.15, 0.2) is 6.04 Å². The number of methoxy groups -OCH3 is 1. The number of carboxylic acids is 1. The predicted molar refractivity (Wildman–Crippen MR) is 70.2 cm³/mol. The van der Waals surface area contributed by atoms with E-state index >= 15 is 0 Å². The Morgan fingerprint density at radius 2 is 2.32 bits per heavy atom. The van der Waals surface area contributed by atoms with E-state index in [2.05, 4.69) is 10.4 Å². The summed E-state index contributed by atoms with van der Waals surface area (Å²) >= 11 is 0. The molecule has 6 nitrogen and oxygen atoms in total. The van der Waals surface area contributed by atoms with Crippen LogP contribution in [0.1, 0.15) is 11.6 Å². The average molecular weight is 261 g/mol. The van der Waals surface area contributed by atoms with Crippen molar-refractivity contribution in [1.29, 1.82) is 0 Å². The van der Waals surface area contributed by atoms with Crippen LogP contribution < -0.4 is 10.1 Å². The number of aryl methyl sites for hydroxylation is 1. The molecule has 1 heterocycles. The number of aliphatic carboxylic acids is 1. The first-order valence-electron chi connectivity index (χ1n) is 5.72. The standard InChI is InChI=1S/C13H15N3O3/c1-16-8-9(7-14-16)12(13(17)18)15-10-4-3-5-11(6-10)19-2/h3-8,12,15H,1-2H3,(H,17,18). The number of carboxylic acid groups (broad SMARTS) is 1. The van der Waals surface area contributed by atoms with Gasteiger partial charge in [0.1, 0.15) is 5.75 Å². The number of hydrogen-bond acceptors (Lipinski definition) is 4. The van der Waals surface area contributed by atoms with Crippen molar-refractivity contribution in [2.45, 2.75) is 6.04 Å². The Hall–Kier alpha value is -2.50. The third-order valence-electron chi connectivity index (χ3n) is 2.69. The molecule has 2 N–H and O–H groups in total. The monoisotopic (exact) mass is 261 g/mol. The van der Waals surface area contributed by atoms with Gasteiger partial charge in [0.05, 0.1) is 13.3 Å². The van der Waals surface area contributed by atoms with Gasteiger partial charge >= 0.3 is 5.97 Å². The summed E-state index contributed by atoms with van der Waals surface area (Å²) in [4.78, 5) is 11.3. The topological polar surface area (TPSA) is 76.4 Å². The first-order valence-corrected chi connectivity index (χ1v) is 5.72. The molecule has 2 rings (SSSR count). The van der Waals surface area contributed by atoms with Gasteiger partial charge in [-0.05, 0) is 12.1 Å². The van der Waals surface area contributed by atoms with Gasteiger partial charge in [-0.3, -0.25) is 4.68 Å². The van der Waals surface area contributed by atoms with Crippen LogP contribution in [0.5, 0.6) is 5.75 Å². The molecule has 0 spiro atoms. The van der Waals surface area contributed by atoms with Crippen molar-refractivity contribution in [3.63, 3.8) is 0 Å². The lowest BCUT2D eigenvalue weighted by Gasteiger charge is -2.14. The molecule has 2 aromatic rings. The number of nitrogens with zero attached hydrogens (tertiary/aromatic N) is 2. The number of rotatable bonds is 5. The maximum Gasteiger partial charge on any atom is 0.330 e. The van der Waals surface area contributed by atoms with Gasteiger partial charge in [-0.15, -0.1) is 0 Å². The normalized spacial score (nSPS) is 11.9. The van der Waals surface area contributed by atoms with E-state index in [1.54, 1.807) is 49.3 Å². The molecule has 0 amide bonds. The zero-order valence-electron chi connectivity index (χ0n) is 10.7. The molecule has 1 aromatic carbocycles. The van der Waals surface area contributed by atoms with Crippen LogP contribution in [0.25, 0.3) is 0 Å². The maximum atomic E-state index is 11.3. The summed E-state index contributed by atoms with van der Waals surface area (Å²) in [6.07, 6.45) is 3.21. The van der Waals surface area contributed by atoms with Gasteiger partial charge < -0.3 is 15.2 Å². The second-order valence-electron chi connectivity index (χ2n) is 4.09. The molecule has 0 saturated heterocycles. The molecular weight excluding hydrogens is 246 g/mol. The Morgan fingerprint density at radius 3 is 2.89 bits per heavy atom. The number of ether oxygens (including phenoxy) is 1. The molecule has 6 heteroatoms. The fraction of sp³-hybridized carbons (Fsp3) is 0.231. The van der Waals surface area contributed by atoms with E-state index in [1.807, 2.05) is 0 Å². The predicted octanol–water partition coefficient (Wildman–Crippen LogP) is 1.67. The van der Waals surface area contributed by atoms with E-state index in [1.165, 1.54) is 6.20 Å². The van der Waals surface area contributed by atoms with Crippen molar-refractivity contribution in [2.24, 2.45) is 7.05 Å². The van der Waals surface area contributed by atoms with Crippen molar-refractivity contribution >= 4 is 11.7 Å². The zero-order chi connectivity index (χ0) is 13.8. The van der Waals surface area contributed by atoms with Crippen LogP contribution in [0.2, 0.25) is 0 Å². The highest BCUT2D eigenvalue weighted by molar-refractivity contribution is 5.79. The molecule has 0 aliphatic carbocycles. The van der Waals surface area contributed by atoms with Crippen molar-refractivity contribution in [3.8, 4) is 5.75 Å². The highest BCUT2D eigenvalue weighted by Gasteiger charge is 2.21. The second kappa shape index (κ2) is 5.43. The molecule has 0 aliphatic rings. The third kappa shape index (κ3) is 3.04. The first-order chi connectivity index (χ1) is 9.10. The summed E-state index contributed by atoms with van der Waals surface area (Å²) in [6, 6.07) is 6.27. The van der Waals surface area contributed by atoms with Crippen molar-refractivity contribution in [2.75, 3.05) is 12.4 Å². The Balaban J connectivity index is 2.23. The van der Waals surface area contributed by atoms with E-state index in [9.17, 15) is 9.90 Å². The average Bonchev–Trinajstić information content (AvgIpc) is 2.82. The number of nitrogens with one attached hydrogen (secondary N) is 1. The molecule has 0 saturated carbocycles. The highest BCUT2D eigenvalue weighted by atomic mass is 16.5. The summed E-state index contributed by atoms with van der Waals surface area (Å²) in [6.45, 7) is 0. The molecule has 19 heavy (non-hydrogen) atoms. The van der Waals surface area contributed by atoms with Crippen molar-refractivity contribution < 1.29 is 14.6 Å². The fourth-order valence-electron chi connectivity index (χ4n) is 1.76. The van der Waals surface area contributed by atoms with Crippen LogP contribution in [-0.4, -0.2) is 28.0 Å². The SMILES string of the molecule is COc1cccc(NC(C(=O)O)c2cnn(C)c2)c1. The molecule has 1 aromatic heterocycles. The maximum absolute atomic E-state index is 11.3. The van der Waals surface area contributed by atoms with Crippen molar-refractivity contribution in [3.05, 3.63) is 42.2 Å². The Labute approximate surface area is 110 Å². The van der Waals surface area contributed by atoms with Crippen LogP contribution in [0.4, 0.5) is 5.69 Å². The van der Waals surface area contributed by atoms with E-state index in [4.69, 9.17) is 4.74 Å². The van der Waals surface area contributed by atoms with E-state index in [0.717, 1.165) is 0 Å². The van der Waals surface area contributed by atoms with Crippen LogP contribution in [0, 0.1) is 0 Å². The summed E-state index contributed by atoms with van der Waals surface area (Å²) in [7, 11) is 3.31. The van der Waals surface area contributed by atoms with Crippen LogP contribution >= 0.6 is 0 Å². The number of hydrogen-bond donors (Lipinski definition) is 2. The van der Waals surface area contributed by atoms with Gasteiger partial charge in [0.2, 0.25) is 0 Å². The summed E-state index contributed by atoms with van der Waals surface area (Å²) < 4.78 is 6.67. The molecule has 0 radical (unpaired) electrons. The largest absolute Gasteiger partial charge is 0.497 e. The highest BCUT2D eigenvalue weighted by Crippen LogP contribution is 2.22. The number of benzene rings is 1. The quantitative estimate of drug-likeness (QED) is 0.856. The van der Waals surface area contributed by atoms with E-state index in [0.29, 0.717) is 17.0 Å². The number of anilines is 1. The first kappa shape index (κ1) is 12.9. The Kier molecular flexibility index (Phi) is 3.70. The molecule has 0 bridgehead atoms. The van der Waals surface area contributed by atoms with Gasteiger partial charge in [-0.1, -0.05) is 6.07 Å². The van der Waals surface area contributed by atoms with Crippen molar-refractivity contribution in [1.82, 2.24) is 9.78 Å². The lowest BCUT2D eigenvalue weighted by atomic mass is 10.1. The second-order valence-corrected chi connectivity index (χ2v) is 4.09. The van der Waals surface area contributed by atoms with E-state index < -0.39 is 12.0 Å². The molecule has 1 unspecified atom stereocenters. The van der Waals surface area contributed by atoms with Crippen LogP contribution in [-0.2, 0) is 11.8 Å². The molecule has 100 valence electrons. The summed E-state index contributed by atoms with van der Waals surface area (Å²) in [5.74, 6) is -0.295. The smallest absolute Gasteiger partial charge is 0.330 e. The fourth-order valence-corrected chi connectivity index (χ4v) is 1.76. The molecular formula is C13H15N3O3. The Bertz CT molecular complexity index is 580. The molecule has 0 fully saturated rings. The zero-order valence-corrected chi connectivity index (χ0v) is 10.7. The molecule has 1 atom stereocenters. The number of carbonyl (C=O) groups is 1. The minimum atomic E-state index is -0.962. The minimum absolute atomic E-state index is 0.595. The van der Waals surface area contributed by atoms with Gasteiger partial charge in [-0.2, -0.15) is 5.10 Å². The van der Waals surface area contributed by atoms with Crippen LogP contribution in [0.3, 0.4) is 0 Å². The summed E-state index contributed by atoms with van der Waals surface area (Å²) in [5.41, 5.74) is 1.27. The Morgan fingerprint density at radius 1 is 1.53 bits per heavy atom.